The molecular weight excluding hydrogens is 317 g/mol. The van der Waals surface area contributed by atoms with Crippen LogP contribution in [0.5, 0.6) is 0 Å². The van der Waals surface area contributed by atoms with Crippen LogP contribution in [-0.2, 0) is 16.1 Å². The van der Waals surface area contributed by atoms with Gasteiger partial charge in [-0.15, -0.1) is 0 Å². The highest BCUT2D eigenvalue weighted by Gasteiger charge is 2.12. The monoisotopic (exact) mass is 327 g/mol. The second-order valence-electron chi connectivity index (χ2n) is 4.08. The summed E-state index contributed by atoms with van der Waals surface area (Å²) in [7, 11) is 1.29. The third kappa shape index (κ3) is 3.96. The molecule has 1 heterocycles. The van der Waals surface area contributed by atoms with E-state index < -0.39 is 11.9 Å². The van der Waals surface area contributed by atoms with Crippen molar-refractivity contribution in [2.45, 2.75) is 6.54 Å². The minimum absolute atomic E-state index is 0.0337. The maximum atomic E-state index is 12.1. The van der Waals surface area contributed by atoms with E-state index in [1.807, 2.05) is 0 Å². The van der Waals surface area contributed by atoms with Gasteiger partial charge in [-0.1, -0.05) is 23.2 Å². The molecule has 6 nitrogen and oxygen atoms in total. The van der Waals surface area contributed by atoms with Crippen molar-refractivity contribution >= 4 is 40.8 Å². The number of rotatable bonds is 4. The van der Waals surface area contributed by atoms with Crippen LogP contribution in [0, 0.1) is 0 Å². The molecule has 2 aromatic rings. The molecule has 0 radical (unpaired) electrons. The van der Waals surface area contributed by atoms with Gasteiger partial charge in [-0.2, -0.15) is 5.10 Å². The van der Waals surface area contributed by atoms with Crippen LogP contribution in [-0.4, -0.2) is 28.8 Å². The van der Waals surface area contributed by atoms with Crippen molar-refractivity contribution in [3.63, 3.8) is 0 Å². The summed E-state index contributed by atoms with van der Waals surface area (Å²) >= 11 is 11.7. The molecule has 0 aliphatic carbocycles. The molecule has 0 bridgehead atoms. The van der Waals surface area contributed by atoms with Gasteiger partial charge in [0, 0.05) is 11.2 Å². The molecule has 110 valence electrons. The third-order valence-corrected chi connectivity index (χ3v) is 3.13. The standard InChI is InChI=1S/C13H11Cl2N3O3/c1-21-12(19)7-18-6-9(5-16-18)17-13(20)10-3-2-8(14)4-11(10)15/h2-6H,7H2,1H3,(H,17,20). The van der Waals surface area contributed by atoms with Gasteiger partial charge < -0.3 is 10.1 Å². The van der Waals surface area contributed by atoms with Crippen molar-refractivity contribution in [1.29, 1.82) is 0 Å². The number of anilines is 1. The van der Waals surface area contributed by atoms with Crippen molar-refractivity contribution in [3.05, 3.63) is 46.2 Å². The number of carbonyl (C=O) groups is 2. The quantitative estimate of drug-likeness (QED) is 0.876. The van der Waals surface area contributed by atoms with Gasteiger partial charge in [-0.3, -0.25) is 14.3 Å². The van der Waals surface area contributed by atoms with Gasteiger partial charge in [0.2, 0.25) is 0 Å². The van der Waals surface area contributed by atoms with E-state index in [4.69, 9.17) is 23.2 Å². The van der Waals surface area contributed by atoms with Gasteiger partial charge in [0.05, 0.1) is 29.6 Å². The number of nitrogens with one attached hydrogen (secondary N) is 1. The summed E-state index contributed by atoms with van der Waals surface area (Å²) in [6.07, 6.45) is 2.93. The SMILES string of the molecule is COC(=O)Cn1cc(NC(=O)c2ccc(Cl)cc2Cl)cn1. The summed E-state index contributed by atoms with van der Waals surface area (Å²) in [6, 6.07) is 4.58. The fraction of sp³-hybridized carbons (Fsp3) is 0.154. The highest BCUT2D eigenvalue weighted by atomic mass is 35.5. The number of hydrogen-bond donors (Lipinski definition) is 1. The zero-order valence-corrected chi connectivity index (χ0v) is 12.5. The minimum Gasteiger partial charge on any atom is -0.468 e. The van der Waals surface area contributed by atoms with Crippen LogP contribution >= 0.6 is 23.2 Å². The fourth-order valence-corrected chi connectivity index (χ4v) is 2.08. The minimum atomic E-state index is -0.434. The number of halogens is 2. The molecule has 0 fully saturated rings. The van der Waals surface area contributed by atoms with Crippen LogP contribution in [0.15, 0.2) is 30.6 Å². The molecule has 1 aromatic heterocycles. The maximum Gasteiger partial charge on any atom is 0.327 e. The zero-order chi connectivity index (χ0) is 15.4. The van der Waals surface area contributed by atoms with Crippen molar-refractivity contribution < 1.29 is 14.3 Å². The third-order valence-electron chi connectivity index (χ3n) is 2.59. The first-order valence-corrected chi connectivity index (χ1v) is 6.61. The molecule has 1 aromatic carbocycles. The van der Waals surface area contributed by atoms with Crippen molar-refractivity contribution in [1.82, 2.24) is 9.78 Å². The van der Waals surface area contributed by atoms with Crippen LogP contribution < -0.4 is 5.32 Å². The smallest absolute Gasteiger partial charge is 0.327 e. The van der Waals surface area contributed by atoms with Crippen molar-refractivity contribution in [2.75, 3.05) is 12.4 Å². The number of ether oxygens (including phenoxy) is 1. The number of methoxy groups -OCH3 is 1. The number of amides is 1. The Morgan fingerprint density at radius 2 is 2.14 bits per heavy atom. The first-order valence-electron chi connectivity index (χ1n) is 5.85. The largest absolute Gasteiger partial charge is 0.468 e. The lowest BCUT2D eigenvalue weighted by atomic mass is 10.2. The summed E-state index contributed by atoms with van der Waals surface area (Å²) in [5.41, 5.74) is 0.733. The topological polar surface area (TPSA) is 73.2 Å². The first-order chi connectivity index (χ1) is 9.99. The normalized spacial score (nSPS) is 10.2. The highest BCUT2D eigenvalue weighted by molar-refractivity contribution is 6.37. The lowest BCUT2D eigenvalue weighted by Crippen LogP contribution is -2.13. The Morgan fingerprint density at radius 3 is 2.81 bits per heavy atom. The molecule has 1 amide bonds. The molecule has 0 spiro atoms. The van der Waals surface area contributed by atoms with Gasteiger partial charge in [-0.05, 0) is 18.2 Å². The Hall–Kier alpha value is -2.05. The van der Waals surface area contributed by atoms with E-state index in [0.717, 1.165) is 0 Å². The van der Waals surface area contributed by atoms with Gasteiger partial charge >= 0.3 is 5.97 Å². The highest BCUT2D eigenvalue weighted by Crippen LogP contribution is 2.22. The van der Waals surface area contributed by atoms with Crippen LogP contribution in [0.4, 0.5) is 5.69 Å². The molecule has 8 heteroatoms. The summed E-state index contributed by atoms with van der Waals surface area (Å²) < 4.78 is 5.88. The second kappa shape index (κ2) is 6.60. The van der Waals surface area contributed by atoms with E-state index in [1.165, 1.54) is 36.3 Å². The van der Waals surface area contributed by atoms with Gasteiger partial charge in [0.25, 0.3) is 5.91 Å². The number of aromatic nitrogens is 2. The van der Waals surface area contributed by atoms with Crippen LogP contribution in [0.1, 0.15) is 10.4 Å². The number of hydrogen-bond acceptors (Lipinski definition) is 4. The van der Waals surface area contributed by atoms with E-state index in [9.17, 15) is 9.59 Å². The predicted molar refractivity (Wildman–Crippen MR) is 78.7 cm³/mol. The number of nitrogens with zero attached hydrogens (tertiary/aromatic N) is 2. The molecule has 0 saturated carbocycles. The average Bonchev–Trinajstić information content (AvgIpc) is 2.85. The number of carbonyl (C=O) groups excluding carboxylic acids is 2. The van der Waals surface area contributed by atoms with Crippen molar-refractivity contribution in [2.24, 2.45) is 0 Å². The molecule has 0 unspecified atom stereocenters. The van der Waals surface area contributed by atoms with E-state index in [1.54, 1.807) is 6.07 Å². The summed E-state index contributed by atoms with van der Waals surface area (Å²) in [5.74, 6) is -0.828. The molecule has 1 N–H and O–H groups in total. The fourth-order valence-electron chi connectivity index (χ4n) is 1.58. The molecule has 0 aliphatic rings. The first kappa shape index (κ1) is 15.3. The Morgan fingerprint density at radius 1 is 1.38 bits per heavy atom. The van der Waals surface area contributed by atoms with E-state index in [0.29, 0.717) is 16.3 Å². The van der Waals surface area contributed by atoms with Crippen molar-refractivity contribution in [3.8, 4) is 0 Å². The van der Waals surface area contributed by atoms with E-state index >= 15 is 0 Å². The Kier molecular flexibility index (Phi) is 4.82. The Labute approximate surface area is 130 Å². The lowest BCUT2D eigenvalue weighted by molar-refractivity contribution is -0.141. The van der Waals surface area contributed by atoms with Crippen LogP contribution in [0.25, 0.3) is 0 Å². The Balaban J connectivity index is 2.07. The van der Waals surface area contributed by atoms with E-state index in [2.05, 4.69) is 15.2 Å². The molecule has 0 saturated heterocycles. The lowest BCUT2D eigenvalue weighted by Gasteiger charge is -2.04. The zero-order valence-electron chi connectivity index (χ0n) is 11.0. The number of esters is 1. The molecule has 21 heavy (non-hydrogen) atoms. The second-order valence-corrected chi connectivity index (χ2v) is 4.92. The summed E-state index contributed by atoms with van der Waals surface area (Å²) in [4.78, 5) is 23.2. The predicted octanol–water partition coefficient (Wildman–Crippen LogP) is 2.62. The van der Waals surface area contributed by atoms with Gasteiger partial charge in [-0.25, -0.2) is 0 Å². The number of benzene rings is 1. The molecule has 0 aliphatic heterocycles. The molecule has 2 rings (SSSR count). The molecule has 0 atom stereocenters. The maximum absolute atomic E-state index is 12.1. The van der Waals surface area contributed by atoms with Crippen LogP contribution in [0.3, 0.4) is 0 Å². The Bertz CT molecular complexity index is 685. The van der Waals surface area contributed by atoms with Gasteiger partial charge in [0.1, 0.15) is 6.54 Å². The van der Waals surface area contributed by atoms with Crippen LogP contribution in [0.2, 0.25) is 10.0 Å². The summed E-state index contributed by atoms with van der Waals surface area (Å²) in [6.45, 7) is -0.0337. The van der Waals surface area contributed by atoms with E-state index in [-0.39, 0.29) is 11.6 Å². The molecular formula is C13H11Cl2N3O3. The van der Waals surface area contributed by atoms with Gasteiger partial charge in [0.15, 0.2) is 0 Å². The summed E-state index contributed by atoms with van der Waals surface area (Å²) in [5, 5.41) is 7.26. The average molecular weight is 328 g/mol.